The maximum Gasteiger partial charge on any atom is 0.152 e. The first-order valence-electron chi connectivity index (χ1n) is 3.03. The van der Waals surface area contributed by atoms with Gasteiger partial charge in [0.05, 0.1) is 22.2 Å². The van der Waals surface area contributed by atoms with E-state index in [1.165, 1.54) is 12.1 Å². The van der Waals surface area contributed by atoms with Crippen molar-refractivity contribution in [3.8, 4) is 6.07 Å². The predicted molar refractivity (Wildman–Crippen MR) is 46.6 cm³/mol. The Morgan fingerprint density at radius 2 is 2.08 bits per heavy atom. The molecular weight excluding hydrogens is 197 g/mol. The third kappa shape index (κ3) is 1.58. The lowest BCUT2D eigenvalue weighted by Gasteiger charge is -1.98. The molecule has 0 atom stereocenters. The van der Waals surface area contributed by atoms with Crippen LogP contribution in [0.5, 0.6) is 0 Å². The fourth-order valence-corrected chi connectivity index (χ4v) is 1.34. The van der Waals surface area contributed by atoms with Gasteiger partial charge in [0, 0.05) is 5.02 Å². The number of carbonyl (C=O) groups is 1. The lowest BCUT2D eigenvalue weighted by Crippen LogP contribution is -1.88. The van der Waals surface area contributed by atoms with Crippen LogP contribution < -0.4 is 0 Å². The van der Waals surface area contributed by atoms with Crippen LogP contribution >= 0.6 is 23.2 Å². The Kier molecular flexibility index (Phi) is 2.69. The molecule has 0 unspecified atom stereocenters. The lowest BCUT2D eigenvalue weighted by molar-refractivity contribution is 0.112. The molecule has 1 aromatic carbocycles. The summed E-state index contributed by atoms with van der Waals surface area (Å²) in [6.45, 7) is 0. The summed E-state index contributed by atoms with van der Waals surface area (Å²) in [4.78, 5) is 10.4. The highest BCUT2D eigenvalue weighted by Gasteiger charge is 2.06. The molecule has 12 heavy (non-hydrogen) atoms. The van der Waals surface area contributed by atoms with Gasteiger partial charge in [-0.2, -0.15) is 5.26 Å². The van der Waals surface area contributed by atoms with Crippen LogP contribution in [0.2, 0.25) is 10.0 Å². The van der Waals surface area contributed by atoms with Crippen LogP contribution in [0, 0.1) is 11.3 Å². The summed E-state index contributed by atoms with van der Waals surface area (Å²) in [5.74, 6) is 0. The van der Waals surface area contributed by atoms with Crippen molar-refractivity contribution < 1.29 is 4.79 Å². The average molecular weight is 200 g/mol. The Morgan fingerprint density at radius 1 is 1.42 bits per heavy atom. The van der Waals surface area contributed by atoms with Crippen LogP contribution in [0.3, 0.4) is 0 Å². The molecule has 0 spiro atoms. The van der Waals surface area contributed by atoms with Crippen LogP contribution in [0.15, 0.2) is 12.1 Å². The maximum atomic E-state index is 10.4. The zero-order valence-electron chi connectivity index (χ0n) is 5.84. The Balaban J connectivity index is 3.46. The van der Waals surface area contributed by atoms with Crippen molar-refractivity contribution in [2.45, 2.75) is 0 Å². The highest BCUT2D eigenvalue weighted by atomic mass is 35.5. The zero-order valence-corrected chi connectivity index (χ0v) is 7.36. The molecule has 0 radical (unpaired) electrons. The summed E-state index contributed by atoms with van der Waals surface area (Å²) >= 11 is 11.3. The number of rotatable bonds is 1. The van der Waals surface area contributed by atoms with Gasteiger partial charge in [-0.05, 0) is 12.1 Å². The second-order valence-electron chi connectivity index (χ2n) is 2.08. The molecule has 0 amide bonds. The standard InChI is InChI=1S/C8H3Cl2NO/c9-6-1-5(3-11)7(4-12)8(10)2-6/h1-2,4H. The summed E-state index contributed by atoms with van der Waals surface area (Å²) in [5, 5.41) is 9.12. The number of nitriles is 1. The van der Waals surface area contributed by atoms with Crippen LogP contribution in [0.1, 0.15) is 15.9 Å². The van der Waals surface area contributed by atoms with Gasteiger partial charge in [0.25, 0.3) is 0 Å². The van der Waals surface area contributed by atoms with E-state index < -0.39 is 0 Å². The molecule has 0 aromatic heterocycles. The molecule has 1 rings (SSSR count). The number of benzene rings is 1. The van der Waals surface area contributed by atoms with E-state index in [0.29, 0.717) is 11.3 Å². The fraction of sp³-hybridized carbons (Fsp3) is 0. The van der Waals surface area contributed by atoms with Crippen molar-refractivity contribution in [1.29, 1.82) is 5.26 Å². The van der Waals surface area contributed by atoms with Gasteiger partial charge in [-0.15, -0.1) is 0 Å². The third-order valence-electron chi connectivity index (χ3n) is 1.33. The van der Waals surface area contributed by atoms with Crippen molar-refractivity contribution in [3.63, 3.8) is 0 Å². The van der Waals surface area contributed by atoms with Crippen LogP contribution in [0.25, 0.3) is 0 Å². The van der Waals surface area contributed by atoms with Gasteiger partial charge in [0.15, 0.2) is 6.29 Å². The Hall–Kier alpha value is -1.04. The Morgan fingerprint density at radius 3 is 2.58 bits per heavy atom. The van der Waals surface area contributed by atoms with E-state index in [2.05, 4.69) is 0 Å². The summed E-state index contributed by atoms with van der Waals surface area (Å²) in [5.41, 5.74) is 0.381. The van der Waals surface area contributed by atoms with Gasteiger partial charge in [-0.25, -0.2) is 0 Å². The lowest BCUT2D eigenvalue weighted by atomic mass is 10.1. The molecule has 0 aliphatic rings. The second kappa shape index (κ2) is 3.57. The Labute approximate surface area is 79.3 Å². The van der Waals surface area contributed by atoms with Crippen LogP contribution in [-0.2, 0) is 0 Å². The van der Waals surface area contributed by atoms with Crippen molar-refractivity contribution in [2.24, 2.45) is 0 Å². The van der Waals surface area contributed by atoms with Crippen molar-refractivity contribution in [3.05, 3.63) is 33.3 Å². The second-order valence-corrected chi connectivity index (χ2v) is 2.92. The Bertz CT molecular complexity index is 368. The number of carbonyl (C=O) groups excluding carboxylic acids is 1. The molecule has 2 nitrogen and oxygen atoms in total. The minimum atomic E-state index is 0.184. The van der Waals surface area contributed by atoms with Gasteiger partial charge >= 0.3 is 0 Å². The number of halogens is 2. The van der Waals surface area contributed by atoms with Crippen molar-refractivity contribution in [1.82, 2.24) is 0 Å². The van der Waals surface area contributed by atoms with E-state index in [0.717, 1.165) is 0 Å². The first-order valence-corrected chi connectivity index (χ1v) is 3.79. The minimum Gasteiger partial charge on any atom is -0.298 e. The molecule has 0 bridgehead atoms. The molecule has 0 saturated heterocycles. The number of hydrogen-bond donors (Lipinski definition) is 0. The van der Waals surface area contributed by atoms with Gasteiger partial charge in [-0.1, -0.05) is 23.2 Å². The summed E-state index contributed by atoms with van der Waals surface area (Å²) in [7, 11) is 0. The molecular formula is C8H3Cl2NO. The van der Waals surface area contributed by atoms with Gasteiger partial charge in [0.1, 0.15) is 0 Å². The molecule has 0 heterocycles. The van der Waals surface area contributed by atoms with E-state index in [9.17, 15) is 4.79 Å². The van der Waals surface area contributed by atoms with E-state index in [1.54, 1.807) is 0 Å². The number of nitrogens with zero attached hydrogens (tertiary/aromatic N) is 1. The molecule has 1 aromatic rings. The van der Waals surface area contributed by atoms with Crippen LogP contribution in [0.4, 0.5) is 0 Å². The largest absolute Gasteiger partial charge is 0.298 e. The van der Waals surface area contributed by atoms with Crippen LogP contribution in [-0.4, -0.2) is 6.29 Å². The zero-order chi connectivity index (χ0) is 9.14. The molecule has 4 heteroatoms. The highest BCUT2D eigenvalue weighted by molar-refractivity contribution is 6.36. The smallest absolute Gasteiger partial charge is 0.152 e. The molecule has 0 saturated carbocycles. The van der Waals surface area contributed by atoms with E-state index in [-0.39, 0.29) is 16.1 Å². The minimum absolute atomic E-state index is 0.184. The monoisotopic (exact) mass is 199 g/mol. The molecule has 0 fully saturated rings. The maximum absolute atomic E-state index is 10.4. The summed E-state index contributed by atoms with van der Waals surface area (Å²) < 4.78 is 0. The third-order valence-corrected chi connectivity index (χ3v) is 1.86. The quantitative estimate of drug-likeness (QED) is 0.653. The average Bonchev–Trinajstić information content (AvgIpc) is 2.03. The number of aldehydes is 1. The first kappa shape index (κ1) is 9.05. The topological polar surface area (TPSA) is 40.9 Å². The molecule has 60 valence electrons. The van der Waals surface area contributed by atoms with E-state index in [1.807, 2.05) is 6.07 Å². The highest BCUT2D eigenvalue weighted by Crippen LogP contribution is 2.23. The van der Waals surface area contributed by atoms with E-state index >= 15 is 0 Å². The first-order chi connectivity index (χ1) is 5.69. The van der Waals surface area contributed by atoms with Crippen molar-refractivity contribution >= 4 is 29.5 Å². The molecule has 0 N–H and O–H groups in total. The number of hydrogen-bond acceptors (Lipinski definition) is 2. The fourth-order valence-electron chi connectivity index (χ4n) is 0.797. The summed E-state index contributed by atoms with van der Waals surface area (Å²) in [6.07, 6.45) is 0.539. The van der Waals surface area contributed by atoms with Gasteiger partial charge < -0.3 is 0 Å². The molecule has 0 aliphatic carbocycles. The summed E-state index contributed by atoms with van der Waals surface area (Å²) in [6, 6.07) is 4.65. The van der Waals surface area contributed by atoms with E-state index in [4.69, 9.17) is 28.5 Å². The molecule has 0 aliphatic heterocycles. The van der Waals surface area contributed by atoms with Gasteiger partial charge in [-0.3, -0.25) is 4.79 Å². The van der Waals surface area contributed by atoms with Gasteiger partial charge in [0.2, 0.25) is 0 Å². The SMILES string of the molecule is N#Cc1cc(Cl)cc(Cl)c1C=O. The normalized spacial score (nSPS) is 9.08. The van der Waals surface area contributed by atoms with Crippen molar-refractivity contribution in [2.75, 3.05) is 0 Å². The predicted octanol–water partition coefficient (Wildman–Crippen LogP) is 2.68.